The quantitative estimate of drug-likeness (QED) is 0.380. The van der Waals surface area contributed by atoms with Gasteiger partial charge in [0, 0.05) is 58.0 Å². The van der Waals surface area contributed by atoms with Crippen molar-refractivity contribution >= 4 is 23.8 Å². The molecule has 0 aromatic carbocycles. The minimum atomic E-state index is 0.891. The number of aromatic nitrogens is 4. The molecule has 4 aromatic heterocycles. The second-order valence-electron chi connectivity index (χ2n) is 8.06. The van der Waals surface area contributed by atoms with Crippen LogP contribution in [0.5, 0.6) is 0 Å². The largest absolute Gasteiger partial charge is 0.370 e. The molecular formula is C26H23N5. The van der Waals surface area contributed by atoms with E-state index in [2.05, 4.69) is 117 Å². The fourth-order valence-electron chi connectivity index (χ4n) is 4.28. The number of hydrogen-bond acceptors (Lipinski definition) is 1. The monoisotopic (exact) mass is 405 g/mol. The van der Waals surface area contributed by atoms with Crippen molar-refractivity contribution < 1.29 is 0 Å². The van der Waals surface area contributed by atoms with E-state index in [1.807, 2.05) is 0 Å². The van der Waals surface area contributed by atoms with E-state index in [4.69, 9.17) is 0 Å². The first kappa shape index (κ1) is 17.7. The summed E-state index contributed by atoms with van der Waals surface area (Å²) in [7, 11) is 2.13. The van der Waals surface area contributed by atoms with Gasteiger partial charge in [0.2, 0.25) is 0 Å². The van der Waals surface area contributed by atoms with Gasteiger partial charge < -0.3 is 24.8 Å². The third-order valence-electron chi connectivity index (χ3n) is 5.79. The lowest BCUT2D eigenvalue weighted by molar-refractivity contribution is 0.478. The summed E-state index contributed by atoms with van der Waals surface area (Å²) in [6, 6.07) is 17.0. The molecule has 5 heteroatoms. The van der Waals surface area contributed by atoms with Crippen LogP contribution in [0.2, 0.25) is 0 Å². The van der Waals surface area contributed by atoms with Gasteiger partial charge in [0.1, 0.15) is 0 Å². The summed E-state index contributed by atoms with van der Waals surface area (Å²) in [5, 5.41) is 4.27. The summed E-state index contributed by atoms with van der Waals surface area (Å²) in [5.74, 6) is 0. The minimum Gasteiger partial charge on any atom is -0.370 e. The summed E-state index contributed by atoms with van der Waals surface area (Å²) in [6.45, 7) is 0.891. The number of likely N-dealkylation sites (N-methyl/N-ethyl adjacent to an activating group) is 1. The van der Waals surface area contributed by atoms with Crippen LogP contribution >= 0.6 is 0 Å². The number of H-pyrrole nitrogens is 4. The lowest BCUT2D eigenvalue weighted by Gasteiger charge is -2.25. The number of rotatable bonds is 1. The predicted octanol–water partition coefficient (Wildman–Crippen LogP) is 1.38. The van der Waals surface area contributed by atoms with Crippen LogP contribution in [0.3, 0.4) is 0 Å². The molecule has 0 fully saturated rings. The second kappa shape index (κ2) is 6.99. The van der Waals surface area contributed by atoms with E-state index >= 15 is 0 Å². The van der Waals surface area contributed by atoms with E-state index in [-0.39, 0.29) is 0 Å². The summed E-state index contributed by atoms with van der Waals surface area (Å²) < 4.78 is 0. The Morgan fingerprint density at radius 1 is 0.677 bits per heavy atom. The number of fused-ring (bicyclic) bond motifs is 8. The molecule has 0 saturated heterocycles. The molecule has 8 bridgehead atoms. The Morgan fingerprint density at radius 2 is 1.32 bits per heavy atom. The van der Waals surface area contributed by atoms with Gasteiger partial charge in [-0.3, -0.25) is 0 Å². The highest BCUT2D eigenvalue weighted by Gasteiger charge is 2.16. The molecule has 2 aliphatic heterocycles. The highest BCUT2D eigenvalue weighted by molar-refractivity contribution is 5.77. The van der Waals surface area contributed by atoms with Crippen molar-refractivity contribution in [2.75, 3.05) is 13.6 Å². The van der Waals surface area contributed by atoms with Crippen molar-refractivity contribution in [2.45, 2.75) is 0 Å². The first-order valence-corrected chi connectivity index (χ1v) is 10.5. The lowest BCUT2D eigenvalue weighted by atomic mass is 10.1. The first-order chi connectivity index (χ1) is 15.2. The van der Waals surface area contributed by atoms with Gasteiger partial charge in [-0.1, -0.05) is 12.2 Å². The molecular weight excluding hydrogens is 382 g/mol. The molecule has 2 aliphatic rings. The van der Waals surface area contributed by atoms with Crippen molar-refractivity contribution in [3.63, 3.8) is 0 Å². The zero-order valence-corrected chi connectivity index (χ0v) is 17.2. The Labute approximate surface area is 179 Å². The zero-order valence-electron chi connectivity index (χ0n) is 17.2. The van der Waals surface area contributed by atoms with Crippen LogP contribution in [0.4, 0.5) is 0 Å². The Bertz CT molecular complexity index is 1580. The molecule has 4 aromatic rings. The van der Waals surface area contributed by atoms with Crippen molar-refractivity contribution in [3.8, 4) is 0 Å². The smallest absolute Gasteiger partial charge is 0.0500 e. The van der Waals surface area contributed by atoms with Gasteiger partial charge in [0.15, 0.2) is 0 Å². The lowest BCUT2D eigenvalue weighted by Crippen LogP contribution is -2.25. The molecule has 0 amide bonds. The van der Waals surface area contributed by atoms with Crippen LogP contribution < -0.4 is 21.4 Å². The van der Waals surface area contributed by atoms with Crippen molar-refractivity contribution in [1.82, 2.24) is 24.8 Å². The fourth-order valence-corrected chi connectivity index (χ4v) is 4.28. The molecule has 5 nitrogen and oxygen atoms in total. The molecule has 31 heavy (non-hydrogen) atoms. The van der Waals surface area contributed by atoms with E-state index < -0.39 is 0 Å². The van der Waals surface area contributed by atoms with E-state index in [1.165, 1.54) is 5.70 Å². The minimum absolute atomic E-state index is 0.891. The van der Waals surface area contributed by atoms with Gasteiger partial charge in [-0.2, -0.15) is 0 Å². The van der Waals surface area contributed by atoms with E-state index in [1.54, 1.807) is 0 Å². The topological polar surface area (TPSA) is 66.4 Å². The van der Waals surface area contributed by atoms with Crippen molar-refractivity contribution in [3.05, 3.63) is 117 Å². The molecule has 6 rings (SSSR count). The van der Waals surface area contributed by atoms with Gasteiger partial charge in [-0.15, -0.1) is 0 Å². The highest BCUT2D eigenvalue weighted by Crippen LogP contribution is 2.24. The fraction of sp³-hybridized carbons (Fsp3) is 0.0769. The van der Waals surface area contributed by atoms with Gasteiger partial charge in [-0.05, 0) is 72.8 Å². The van der Waals surface area contributed by atoms with Crippen molar-refractivity contribution in [2.24, 2.45) is 0 Å². The second-order valence-corrected chi connectivity index (χ2v) is 8.06. The maximum absolute atomic E-state index is 3.61. The predicted molar refractivity (Wildman–Crippen MR) is 125 cm³/mol. The van der Waals surface area contributed by atoms with Crippen LogP contribution in [-0.2, 0) is 0 Å². The Balaban J connectivity index is 1.66. The number of nitrogens with one attached hydrogen (secondary N) is 4. The van der Waals surface area contributed by atoms with Gasteiger partial charge in [-0.25, -0.2) is 0 Å². The molecule has 0 atom stereocenters. The Hall–Kier alpha value is -4.12. The third kappa shape index (κ3) is 3.30. The molecule has 152 valence electrons. The van der Waals surface area contributed by atoms with Crippen LogP contribution in [0.15, 0.2) is 72.5 Å². The van der Waals surface area contributed by atoms with Crippen LogP contribution in [0.25, 0.3) is 23.8 Å². The highest BCUT2D eigenvalue weighted by atomic mass is 15.1. The molecule has 0 saturated carbocycles. The standard InChI is InChI=1S/C26H23N5/c1-31-13-3-2-4-25(31)26-23-11-9-21(29-23)15-19-7-5-17(27-19)14-18-6-8-20(28-18)16-22-10-12-24(26)30-22/h2-12,14-16,27-30H,13H2,1H3. The summed E-state index contributed by atoms with van der Waals surface area (Å²) in [5.41, 5.74) is 6.61. The van der Waals surface area contributed by atoms with Gasteiger partial charge in [0.05, 0.1) is 11.0 Å². The summed E-state index contributed by atoms with van der Waals surface area (Å²) in [6.07, 6.45) is 12.9. The Kier molecular flexibility index (Phi) is 3.99. The SMILES string of the molecule is CN1CC=CC=C1C1=c2ccc([nH]2)=Cc2ccc([nH]2)C=c2ccc([nH]2)=Cc2ccc1[nH]2. The van der Waals surface area contributed by atoms with Crippen molar-refractivity contribution in [1.29, 1.82) is 0 Å². The maximum atomic E-state index is 3.61. The summed E-state index contributed by atoms with van der Waals surface area (Å²) in [4.78, 5) is 16.4. The molecule has 0 aliphatic carbocycles. The first-order valence-electron chi connectivity index (χ1n) is 10.5. The average molecular weight is 406 g/mol. The van der Waals surface area contributed by atoms with Gasteiger partial charge in [0.25, 0.3) is 0 Å². The summed E-state index contributed by atoms with van der Waals surface area (Å²) >= 11 is 0. The number of allylic oxidation sites excluding steroid dienone is 3. The number of aromatic amines is 4. The maximum Gasteiger partial charge on any atom is 0.0500 e. The van der Waals surface area contributed by atoms with Crippen LogP contribution in [0, 0.1) is 0 Å². The number of nitrogens with zero attached hydrogens (tertiary/aromatic N) is 1. The molecule has 6 heterocycles. The molecule has 0 radical (unpaired) electrons. The molecule has 0 spiro atoms. The van der Waals surface area contributed by atoms with E-state index in [0.29, 0.717) is 0 Å². The average Bonchev–Trinajstić information content (AvgIpc) is 3.55. The number of hydrogen-bond donors (Lipinski definition) is 4. The van der Waals surface area contributed by atoms with E-state index in [9.17, 15) is 0 Å². The van der Waals surface area contributed by atoms with Crippen LogP contribution in [0.1, 0.15) is 22.8 Å². The zero-order chi connectivity index (χ0) is 20.8. The third-order valence-corrected chi connectivity index (χ3v) is 5.79. The molecule has 4 N–H and O–H groups in total. The normalized spacial score (nSPS) is 15.2. The Morgan fingerprint density at radius 3 is 2.06 bits per heavy atom. The van der Waals surface area contributed by atoms with Crippen LogP contribution in [-0.4, -0.2) is 38.4 Å². The van der Waals surface area contributed by atoms with Gasteiger partial charge >= 0.3 is 0 Å². The molecule has 0 unspecified atom stereocenters. The van der Waals surface area contributed by atoms with E-state index in [0.717, 1.165) is 56.3 Å².